The number of hydrogen-bond donors (Lipinski definition) is 0. The number of hydrogen-bond acceptors (Lipinski definition) is 12. The maximum atomic E-state index is 17.9. The molecule has 0 amide bonds. The number of alkyl halides is 1. The Kier molecular flexibility index (Phi) is 10.4. The van der Waals surface area contributed by atoms with E-state index in [1.807, 2.05) is 6.92 Å². The maximum Gasteiger partial charge on any atom is 0.519 e. The van der Waals surface area contributed by atoms with Crippen molar-refractivity contribution in [2.75, 3.05) is 37.7 Å². The van der Waals surface area contributed by atoms with E-state index in [4.69, 9.17) is 39.7 Å². The number of carbonyl (C=O) groups is 1. The summed E-state index contributed by atoms with van der Waals surface area (Å²) in [7, 11) is 0. The van der Waals surface area contributed by atoms with Crippen LogP contribution in [0.2, 0.25) is 0 Å². The molecule has 0 radical (unpaired) electrons. The molecule has 0 bridgehead atoms. The van der Waals surface area contributed by atoms with Gasteiger partial charge in [-0.2, -0.15) is 9.97 Å². The predicted molar refractivity (Wildman–Crippen MR) is 222 cm³/mol. The molecule has 0 saturated carbocycles. The third-order valence-electron chi connectivity index (χ3n) is 13.6. The summed E-state index contributed by atoms with van der Waals surface area (Å²) in [5.41, 5.74) is -0.151. The highest BCUT2D eigenvalue weighted by Crippen LogP contribution is 2.48. The molecule has 3 aromatic heterocycles. The number of aromatic nitrogens is 3. The second-order valence-electron chi connectivity index (χ2n) is 17.6. The summed E-state index contributed by atoms with van der Waals surface area (Å²) in [4.78, 5) is 46.5. The molecule has 0 spiro atoms. The Morgan fingerprint density at radius 2 is 1.90 bits per heavy atom. The molecular weight excluding hydrogens is 790 g/mol. The van der Waals surface area contributed by atoms with Crippen LogP contribution in [0.15, 0.2) is 37.9 Å². The minimum atomic E-state index is -0.979. The normalized spacial score (nSPS) is 25.2. The largest absolute Gasteiger partial charge is 0.519 e. The van der Waals surface area contributed by atoms with Crippen molar-refractivity contribution in [1.29, 1.82) is 0 Å². The molecule has 0 N–H and O–H groups in total. The van der Waals surface area contributed by atoms with E-state index >= 15 is 8.78 Å². The van der Waals surface area contributed by atoms with Crippen LogP contribution in [0.25, 0.3) is 32.9 Å². The average Bonchev–Trinajstić information content (AvgIpc) is 3.86. The topological polar surface area (TPSA) is 127 Å². The van der Waals surface area contributed by atoms with Crippen molar-refractivity contribution in [3.8, 4) is 35.4 Å². The molecule has 6 atom stereocenters. The van der Waals surface area contributed by atoms with Crippen molar-refractivity contribution < 1.29 is 36.3 Å². The number of carbonyl (C=O) groups excluding carboxylic acids is 1. The van der Waals surface area contributed by atoms with Crippen LogP contribution in [0.4, 0.5) is 19.0 Å². The van der Waals surface area contributed by atoms with Crippen LogP contribution in [0.1, 0.15) is 89.0 Å². The van der Waals surface area contributed by atoms with E-state index in [0.29, 0.717) is 66.4 Å². The number of aryl methyl sites for hydroxylation is 1. The fourth-order valence-corrected chi connectivity index (χ4v) is 10.1. The molecule has 4 aliphatic rings. The van der Waals surface area contributed by atoms with Gasteiger partial charge < -0.3 is 23.2 Å². The number of benzene rings is 2. The van der Waals surface area contributed by atoms with Gasteiger partial charge in [-0.15, -0.1) is 6.42 Å². The van der Waals surface area contributed by atoms with Gasteiger partial charge in [0.25, 0.3) is 0 Å². The number of halogens is 3. The van der Waals surface area contributed by atoms with E-state index in [0.717, 1.165) is 25.8 Å². The Labute approximate surface area is 351 Å². The molecule has 3 saturated heterocycles. The van der Waals surface area contributed by atoms with Crippen molar-refractivity contribution in [1.82, 2.24) is 24.8 Å². The van der Waals surface area contributed by atoms with Crippen LogP contribution in [-0.2, 0) is 11.3 Å². The molecular formula is C46H49F3N6O6. The quantitative estimate of drug-likeness (QED) is 0.0821. The van der Waals surface area contributed by atoms with Crippen LogP contribution < -0.4 is 20.2 Å². The van der Waals surface area contributed by atoms with Crippen LogP contribution >= 0.6 is 0 Å². The van der Waals surface area contributed by atoms with E-state index in [1.165, 1.54) is 18.2 Å². The summed E-state index contributed by atoms with van der Waals surface area (Å²) >= 11 is 0. The van der Waals surface area contributed by atoms with Crippen molar-refractivity contribution in [3.05, 3.63) is 69.3 Å². The lowest BCUT2D eigenvalue weighted by atomic mass is 9.84. The number of piperazine rings is 1. The zero-order chi connectivity index (χ0) is 43.1. The Morgan fingerprint density at radius 3 is 2.62 bits per heavy atom. The number of anilines is 1. The number of terminal acetylenes is 1. The Bertz CT molecular complexity index is 2680. The minimum absolute atomic E-state index is 0.0305. The van der Waals surface area contributed by atoms with Gasteiger partial charge in [0, 0.05) is 55.0 Å². The first-order valence-electron chi connectivity index (χ1n) is 21.2. The summed E-state index contributed by atoms with van der Waals surface area (Å²) in [6, 6.07) is 5.51. The summed E-state index contributed by atoms with van der Waals surface area (Å²) < 4.78 is 71.2. The van der Waals surface area contributed by atoms with E-state index in [-0.39, 0.29) is 70.0 Å². The zero-order valence-corrected chi connectivity index (χ0v) is 35.2. The summed E-state index contributed by atoms with van der Waals surface area (Å²) in [5, 5.41) is 1.08. The Hall–Kier alpha value is -5.46. The molecule has 7 heterocycles. The van der Waals surface area contributed by atoms with Crippen molar-refractivity contribution in [2.24, 2.45) is 11.8 Å². The highest BCUT2D eigenvalue weighted by Gasteiger charge is 2.50. The highest BCUT2D eigenvalue weighted by atomic mass is 19.1. The van der Waals surface area contributed by atoms with Gasteiger partial charge in [0.1, 0.15) is 47.1 Å². The number of rotatable bonds is 9. The molecule has 9 rings (SSSR count). The molecule has 12 nitrogen and oxygen atoms in total. The minimum Gasteiger partial charge on any atom is -0.461 e. The van der Waals surface area contributed by atoms with Gasteiger partial charge in [-0.1, -0.05) is 46.6 Å². The van der Waals surface area contributed by atoms with Crippen molar-refractivity contribution in [2.45, 2.75) is 103 Å². The van der Waals surface area contributed by atoms with Gasteiger partial charge in [-0.05, 0) is 62.2 Å². The number of pyridine rings is 1. The molecule has 320 valence electrons. The molecule has 61 heavy (non-hydrogen) atoms. The Morgan fingerprint density at radius 1 is 1.10 bits per heavy atom. The number of nitrogens with zero attached hydrogens (tertiary/aromatic N) is 6. The standard InChI is InChI=1S/C46H49F3N6O6/c1-8-29-19-55-34(20-53(29)21-35-26(7)59-45(57)61-35)24(5)25(6)39-37-41(51-44(52-42(37)55)58-22-46-13-10-14-54(46)18-28(47)17-46)38(49)40(50-39)32-16-30(60-43(56)23(3)4)15-27-11-12-33(48)31(9-2)36(27)32/h2,11-12,15-16,23-25,28-29,34H,8,10,13-14,17-22H2,1,3-7H3/t24-,25+,28+,29+,34+,46-/m0/s1. The van der Waals surface area contributed by atoms with Gasteiger partial charge in [0.15, 0.2) is 11.6 Å². The van der Waals surface area contributed by atoms with Crippen LogP contribution in [-0.4, -0.2) is 87.3 Å². The molecule has 5 aromatic rings. The number of ether oxygens (including phenoxy) is 2. The SMILES string of the molecule is C#Cc1c(F)ccc2cc(OC(=O)C(C)C)cc(-c3nc4c5c(nc(OC[C@@]67CCCN6C[C@H](F)C7)nc5c3F)N3C[C@@H](CC)N(Cc5oc(=O)oc5C)C[C@@H]3[C@@H](C)[C@H]4C)c12. The first-order valence-corrected chi connectivity index (χ1v) is 21.2. The van der Waals surface area contributed by atoms with E-state index < -0.39 is 41.1 Å². The second kappa shape index (κ2) is 15.5. The first kappa shape index (κ1) is 40.9. The van der Waals surface area contributed by atoms with Gasteiger partial charge in [0.2, 0.25) is 0 Å². The highest BCUT2D eigenvalue weighted by molar-refractivity contribution is 6.04. The summed E-state index contributed by atoms with van der Waals surface area (Å²) in [6.45, 7) is 14.0. The fourth-order valence-electron chi connectivity index (χ4n) is 10.1. The van der Waals surface area contributed by atoms with E-state index in [9.17, 15) is 14.0 Å². The van der Waals surface area contributed by atoms with Crippen molar-refractivity contribution in [3.63, 3.8) is 0 Å². The molecule has 15 heteroatoms. The van der Waals surface area contributed by atoms with Crippen LogP contribution in [0.5, 0.6) is 11.8 Å². The lowest BCUT2D eigenvalue weighted by Crippen LogP contribution is -2.60. The second-order valence-corrected chi connectivity index (χ2v) is 17.6. The molecule has 4 aliphatic heterocycles. The first-order chi connectivity index (χ1) is 29.2. The third kappa shape index (κ3) is 6.92. The lowest BCUT2D eigenvalue weighted by Gasteiger charge is -2.48. The lowest BCUT2D eigenvalue weighted by molar-refractivity contribution is -0.137. The average molecular weight is 839 g/mol. The van der Waals surface area contributed by atoms with Gasteiger partial charge in [-0.3, -0.25) is 14.6 Å². The maximum absolute atomic E-state index is 17.9. The summed E-state index contributed by atoms with van der Waals surface area (Å²) in [5.74, 6) is 0.298. The molecule has 0 aliphatic carbocycles. The Balaban J connectivity index is 1.25. The van der Waals surface area contributed by atoms with Crippen molar-refractivity contribution >= 4 is 33.5 Å². The zero-order valence-electron chi connectivity index (χ0n) is 35.2. The third-order valence-corrected chi connectivity index (χ3v) is 13.6. The van der Waals surface area contributed by atoms with Gasteiger partial charge in [-0.25, -0.2) is 22.9 Å². The van der Waals surface area contributed by atoms with Gasteiger partial charge in [0.05, 0.1) is 34.6 Å². The molecule has 3 fully saturated rings. The predicted octanol–water partition coefficient (Wildman–Crippen LogP) is 7.70. The summed E-state index contributed by atoms with van der Waals surface area (Å²) in [6.07, 6.45) is 7.67. The monoisotopic (exact) mass is 838 g/mol. The van der Waals surface area contributed by atoms with Crippen LogP contribution in [0, 0.1) is 42.7 Å². The fraction of sp³-hybridized carbons (Fsp3) is 0.500. The van der Waals surface area contributed by atoms with E-state index in [2.05, 4.69) is 34.5 Å². The smallest absolute Gasteiger partial charge is 0.461 e. The van der Waals surface area contributed by atoms with Crippen LogP contribution in [0.3, 0.4) is 0 Å². The van der Waals surface area contributed by atoms with E-state index in [1.54, 1.807) is 26.8 Å². The molecule has 0 unspecified atom stereocenters. The van der Waals surface area contributed by atoms with Gasteiger partial charge >= 0.3 is 17.8 Å². The number of fused-ring (bicyclic) bond motifs is 4. The number of esters is 1. The molecule has 2 aromatic carbocycles.